The van der Waals surface area contributed by atoms with E-state index < -0.39 is 5.60 Å². The molecule has 2 heterocycles. The van der Waals surface area contributed by atoms with E-state index in [0.717, 1.165) is 31.4 Å². The summed E-state index contributed by atoms with van der Waals surface area (Å²) in [7, 11) is 0. The standard InChI is InChI=1S/C17H24N2O2/c1-17(2,3)21-16(20)19-12-6-10-15(19)9-4-7-14-8-5-11-18-13-14/h4-5,7-8,11,13,15H,6,9-10,12H2,1-3H3/b7-4+. The van der Waals surface area contributed by atoms with Gasteiger partial charge in [-0.1, -0.05) is 18.2 Å². The van der Waals surface area contributed by atoms with Crippen molar-refractivity contribution in [1.29, 1.82) is 0 Å². The van der Waals surface area contributed by atoms with E-state index in [9.17, 15) is 4.79 Å². The van der Waals surface area contributed by atoms with Crippen molar-refractivity contribution in [2.75, 3.05) is 6.54 Å². The lowest BCUT2D eigenvalue weighted by Gasteiger charge is -2.28. The number of carbonyl (C=O) groups is 1. The van der Waals surface area contributed by atoms with Crippen molar-refractivity contribution in [2.45, 2.75) is 51.7 Å². The molecule has 1 saturated heterocycles. The van der Waals surface area contributed by atoms with E-state index in [1.807, 2.05) is 44.0 Å². The molecule has 0 spiro atoms. The topological polar surface area (TPSA) is 42.4 Å². The van der Waals surface area contributed by atoms with Crippen molar-refractivity contribution in [3.63, 3.8) is 0 Å². The number of nitrogens with zero attached hydrogens (tertiary/aromatic N) is 2. The van der Waals surface area contributed by atoms with Crippen LogP contribution in [-0.2, 0) is 4.74 Å². The lowest BCUT2D eigenvalue weighted by Crippen LogP contribution is -2.39. The maximum Gasteiger partial charge on any atom is 0.410 e. The van der Waals surface area contributed by atoms with Crippen LogP contribution in [-0.4, -0.2) is 34.2 Å². The lowest BCUT2D eigenvalue weighted by molar-refractivity contribution is 0.0228. The molecule has 1 unspecified atom stereocenters. The zero-order chi connectivity index (χ0) is 15.3. The van der Waals surface area contributed by atoms with Crippen LogP contribution in [0.5, 0.6) is 0 Å². The average molecular weight is 288 g/mol. The number of rotatable bonds is 3. The fourth-order valence-electron chi connectivity index (χ4n) is 2.48. The van der Waals surface area contributed by atoms with Gasteiger partial charge in [0.25, 0.3) is 0 Å². The SMILES string of the molecule is CC(C)(C)OC(=O)N1CCCC1C/C=C/c1cccnc1. The van der Waals surface area contributed by atoms with Crippen LogP contribution in [0.25, 0.3) is 6.08 Å². The van der Waals surface area contributed by atoms with Crippen LogP contribution < -0.4 is 0 Å². The van der Waals surface area contributed by atoms with Gasteiger partial charge in [-0.2, -0.15) is 0 Å². The summed E-state index contributed by atoms with van der Waals surface area (Å²) >= 11 is 0. The Morgan fingerprint density at radius 1 is 1.52 bits per heavy atom. The molecule has 0 bridgehead atoms. The highest BCUT2D eigenvalue weighted by Gasteiger charge is 2.31. The number of ether oxygens (including phenoxy) is 1. The van der Waals surface area contributed by atoms with Crippen molar-refractivity contribution in [2.24, 2.45) is 0 Å². The third kappa shape index (κ3) is 4.88. The molecule has 1 aromatic heterocycles. The highest BCUT2D eigenvalue weighted by molar-refractivity contribution is 5.69. The highest BCUT2D eigenvalue weighted by Crippen LogP contribution is 2.23. The number of carbonyl (C=O) groups excluding carboxylic acids is 1. The Kier molecular flexibility index (Phi) is 4.99. The molecular formula is C17H24N2O2. The molecule has 1 aliphatic rings. The molecule has 0 saturated carbocycles. The van der Waals surface area contributed by atoms with Crippen LogP contribution in [0.4, 0.5) is 4.79 Å². The van der Waals surface area contributed by atoms with E-state index in [1.165, 1.54) is 0 Å². The van der Waals surface area contributed by atoms with Gasteiger partial charge in [0, 0.05) is 25.0 Å². The van der Waals surface area contributed by atoms with Gasteiger partial charge >= 0.3 is 6.09 Å². The monoisotopic (exact) mass is 288 g/mol. The Labute approximate surface area is 126 Å². The maximum absolute atomic E-state index is 12.2. The summed E-state index contributed by atoms with van der Waals surface area (Å²) in [5.74, 6) is 0. The molecule has 0 radical (unpaired) electrons. The molecule has 0 aliphatic carbocycles. The number of likely N-dealkylation sites (tertiary alicyclic amines) is 1. The molecule has 0 N–H and O–H groups in total. The van der Waals surface area contributed by atoms with Crippen molar-refractivity contribution in [3.8, 4) is 0 Å². The van der Waals surface area contributed by atoms with Crippen LogP contribution in [0, 0.1) is 0 Å². The number of pyridine rings is 1. The summed E-state index contributed by atoms with van der Waals surface area (Å²) in [4.78, 5) is 18.1. The Hall–Kier alpha value is -1.84. The Balaban J connectivity index is 1.90. The van der Waals surface area contributed by atoms with E-state index in [1.54, 1.807) is 6.20 Å². The summed E-state index contributed by atoms with van der Waals surface area (Å²) in [5.41, 5.74) is 0.648. The lowest BCUT2D eigenvalue weighted by atomic mass is 10.1. The van der Waals surface area contributed by atoms with Gasteiger partial charge in [0.15, 0.2) is 0 Å². The van der Waals surface area contributed by atoms with Gasteiger partial charge in [-0.3, -0.25) is 4.98 Å². The summed E-state index contributed by atoms with van der Waals surface area (Å²) in [6.07, 6.45) is 10.5. The van der Waals surface area contributed by atoms with E-state index >= 15 is 0 Å². The molecule has 1 fully saturated rings. The summed E-state index contributed by atoms with van der Waals surface area (Å²) < 4.78 is 5.47. The third-order valence-corrected chi connectivity index (χ3v) is 3.41. The van der Waals surface area contributed by atoms with Gasteiger partial charge in [0.1, 0.15) is 5.60 Å². The van der Waals surface area contributed by atoms with Crippen LogP contribution in [0.1, 0.15) is 45.6 Å². The van der Waals surface area contributed by atoms with Crippen molar-refractivity contribution < 1.29 is 9.53 Å². The maximum atomic E-state index is 12.2. The van der Waals surface area contributed by atoms with E-state index in [0.29, 0.717) is 0 Å². The highest BCUT2D eigenvalue weighted by atomic mass is 16.6. The fourth-order valence-corrected chi connectivity index (χ4v) is 2.48. The first-order chi connectivity index (χ1) is 9.96. The molecular weight excluding hydrogens is 264 g/mol. The minimum atomic E-state index is -0.435. The summed E-state index contributed by atoms with van der Waals surface area (Å²) in [6.45, 7) is 6.50. The third-order valence-electron chi connectivity index (χ3n) is 3.41. The van der Waals surface area contributed by atoms with Gasteiger partial charge in [-0.05, 0) is 51.7 Å². The number of aromatic nitrogens is 1. The van der Waals surface area contributed by atoms with Gasteiger partial charge < -0.3 is 9.64 Å². The van der Waals surface area contributed by atoms with Gasteiger partial charge in [0.05, 0.1) is 0 Å². The molecule has 0 aromatic carbocycles. The smallest absolute Gasteiger partial charge is 0.410 e. The first-order valence-corrected chi connectivity index (χ1v) is 7.52. The van der Waals surface area contributed by atoms with E-state index in [4.69, 9.17) is 4.74 Å². The minimum Gasteiger partial charge on any atom is -0.444 e. The molecule has 4 nitrogen and oxygen atoms in total. The number of hydrogen-bond acceptors (Lipinski definition) is 3. The van der Waals surface area contributed by atoms with Crippen molar-refractivity contribution in [3.05, 3.63) is 36.2 Å². The Morgan fingerprint density at radius 3 is 3.00 bits per heavy atom. The second kappa shape index (κ2) is 6.74. The van der Waals surface area contributed by atoms with Crippen LogP contribution >= 0.6 is 0 Å². The molecule has 114 valence electrons. The predicted octanol–water partition coefficient (Wildman–Crippen LogP) is 3.88. The molecule has 2 rings (SSSR count). The van der Waals surface area contributed by atoms with Crippen molar-refractivity contribution in [1.82, 2.24) is 9.88 Å². The fraction of sp³-hybridized carbons (Fsp3) is 0.529. The van der Waals surface area contributed by atoms with Gasteiger partial charge in [-0.25, -0.2) is 4.79 Å². The Morgan fingerprint density at radius 2 is 2.33 bits per heavy atom. The molecule has 1 atom stereocenters. The summed E-state index contributed by atoms with van der Waals surface area (Å²) in [6, 6.07) is 4.18. The molecule has 4 heteroatoms. The molecule has 21 heavy (non-hydrogen) atoms. The van der Waals surface area contributed by atoms with Crippen LogP contribution in [0.3, 0.4) is 0 Å². The quantitative estimate of drug-likeness (QED) is 0.847. The number of hydrogen-bond donors (Lipinski definition) is 0. The predicted molar refractivity (Wildman–Crippen MR) is 83.9 cm³/mol. The second-order valence-corrected chi connectivity index (χ2v) is 6.39. The summed E-state index contributed by atoms with van der Waals surface area (Å²) in [5, 5.41) is 0. The van der Waals surface area contributed by atoms with E-state index in [-0.39, 0.29) is 12.1 Å². The minimum absolute atomic E-state index is 0.195. The average Bonchev–Trinajstić information content (AvgIpc) is 2.86. The first kappa shape index (κ1) is 15.5. The molecule has 1 aromatic rings. The van der Waals surface area contributed by atoms with Crippen LogP contribution in [0.2, 0.25) is 0 Å². The largest absolute Gasteiger partial charge is 0.444 e. The Bertz CT molecular complexity index is 491. The van der Waals surface area contributed by atoms with Gasteiger partial charge in [0.2, 0.25) is 0 Å². The van der Waals surface area contributed by atoms with Crippen molar-refractivity contribution >= 4 is 12.2 Å². The van der Waals surface area contributed by atoms with Gasteiger partial charge in [-0.15, -0.1) is 0 Å². The molecule has 1 amide bonds. The number of amides is 1. The first-order valence-electron chi connectivity index (χ1n) is 7.52. The van der Waals surface area contributed by atoms with E-state index in [2.05, 4.69) is 17.1 Å². The second-order valence-electron chi connectivity index (χ2n) is 6.39. The zero-order valence-corrected chi connectivity index (χ0v) is 13.1. The zero-order valence-electron chi connectivity index (χ0n) is 13.1. The molecule has 1 aliphatic heterocycles. The van der Waals surface area contributed by atoms with Crippen LogP contribution in [0.15, 0.2) is 30.6 Å². The normalized spacial score (nSPS) is 19.2.